The van der Waals surface area contributed by atoms with Crippen LogP contribution in [0.2, 0.25) is 0 Å². The van der Waals surface area contributed by atoms with Crippen molar-refractivity contribution in [1.82, 2.24) is 4.90 Å². The molecule has 114 valence electrons. The van der Waals surface area contributed by atoms with Gasteiger partial charge in [0.2, 0.25) is 0 Å². The number of benzene rings is 2. The van der Waals surface area contributed by atoms with E-state index in [0.717, 1.165) is 24.0 Å². The maximum Gasteiger partial charge on any atom is 0.254 e. The second-order valence-electron chi connectivity index (χ2n) is 6.28. The number of rotatable bonds is 2. The Bertz CT molecular complexity index is 623. The van der Waals surface area contributed by atoms with E-state index in [-0.39, 0.29) is 5.91 Å². The molecule has 3 rings (SSSR count). The molecule has 0 radical (unpaired) electrons. The van der Waals surface area contributed by atoms with Crippen LogP contribution in [0.25, 0.3) is 11.1 Å². The molecule has 2 nitrogen and oxygen atoms in total. The molecule has 2 heteroatoms. The van der Waals surface area contributed by atoms with Crippen LogP contribution in [0.15, 0.2) is 54.6 Å². The minimum atomic E-state index is 0.166. The van der Waals surface area contributed by atoms with Crippen LogP contribution in [0.4, 0.5) is 0 Å². The molecule has 0 spiro atoms. The highest BCUT2D eigenvalue weighted by Crippen LogP contribution is 2.26. The van der Waals surface area contributed by atoms with Crippen LogP contribution in [0, 0.1) is 0 Å². The number of likely N-dealkylation sites (tertiary alicyclic amines) is 1. The Kier molecular flexibility index (Phi) is 4.28. The Hall–Kier alpha value is -2.09. The molecule has 1 aliphatic rings. The summed E-state index contributed by atoms with van der Waals surface area (Å²) in [6, 6.07) is 18.9. The zero-order valence-corrected chi connectivity index (χ0v) is 13.3. The second-order valence-corrected chi connectivity index (χ2v) is 6.28. The third-order valence-corrected chi connectivity index (χ3v) is 4.67. The van der Waals surface area contributed by atoms with Crippen LogP contribution in [-0.4, -0.2) is 22.9 Å². The number of hydrogen-bond acceptors (Lipinski definition) is 1. The standard InChI is InChI=1S/C20H23NO/c1-15-7-6-8-16(2)21(15)20(22)19-13-11-18(12-14-19)17-9-4-3-5-10-17/h3-5,9-16H,6-8H2,1-2H3. The summed E-state index contributed by atoms with van der Waals surface area (Å²) in [7, 11) is 0. The molecule has 1 saturated heterocycles. The molecule has 2 unspecified atom stereocenters. The van der Waals surface area contributed by atoms with Crippen LogP contribution >= 0.6 is 0 Å². The van der Waals surface area contributed by atoms with Gasteiger partial charge in [-0.1, -0.05) is 42.5 Å². The number of carbonyl (C=O) groups excluding carboxylic acids is 1. The van der Waals surface area contributed by atoms with Crippen molar-refractivity contribution in [3.63, 3.8) is 0 Å². The summed E-state index contributed by atoms with van der Waals surface area (Å²) in [4.78, 5) is 14.9. The van der Waals surface area contributed by atoms with Gasteiger partial charge in [0.15, 0.2) is 0 Å². The fraction of sp³-hybridized carbons (Fsp3) is 0.350. The Morgan fingerprint density at radius 3 is 2.00 bits per heavy atom. The van der Waals surface area contributed by atoms with Gasteiger partial charge < -0.3 is 4.90 Å². The van der Waals surface area contributed by atoms with Gasteiger partial charge in [-0.2, -0.15) is 0 Å². The lowest BCUT2D eigenvalue weighted by Crippen LogP contribution is -2.47. The lowest BCUT2D eigenvalue weighted by Gasteiger charge is -2.39. The van der Waals surface area contributed by atoms with Crippen LogP contribution < -0.4 is 0 Å². The summed E-state index contributed by atoms with van der Waals surface area (Å²) in [5.41, 5.74) is 3.12. The third-order valence-electron chi connectivity index (χ3n) is 4.67. The first kappa shape index (κ1) is 14.8. The number of piperidine rings is 1. The minimum absolute atomic E-state index is 0.166. The van der Waals surface area contributed by atoms with Gasteiger partial charge >= 0.3 is 0 Å². The molecule has 2 aromatic rings. The van der Waals surface area contributed by atoms with E-state index in [4.69, 9.17) is 0 Å². The van der Waals surface area contributed by atoms with Crippen molar-refractivity contribution in [2.45, 2.75) is 45.2 Å². The molecule has 0 aromatic heterocycles. The van der Waals surface area contributed by atoms with E-state index in [1.165, 1.54) is 12.0 Å². The molecule has 2 atom stereocenters. The predicted octanol–water partition coefficient (Wildman–Crippen LogP) is 4.76. The lowest BCUT2D eigenvalue weighted by molar-refractivity contribution is 0.0511. The monoisotopic (exact) mass is 293 g/mol. The van der Waals surface area contributed by atoms with Crippen LogP contribution in [-0.2, 0) is 0 Å². The van der Waals surface area contributed by atoms with Crippen LogP contribution in [0.5, 0.6) is 0 Å². The fourth-order valence-corrected chi connectivity index (χ4v) is 3.41. The second kappa shape index (κ2) is 6.35. The highest BCUT2D eigenvalue weighted by atomic mass is 16.2. The average molecular weight is 293 g/mol. The first-order chi connectivity index (χ1) is 10.7. The molecule has 0 saturated carbocycles. The zero-order valence-electron chi connectivity index (χ0n) is 13.3. The zero-order chi connectivity index (χ0) is 15.5. The van der Waals surface area contributed by atoms with E-state index in [9.17, 15) is 4.79 Å². The van der Waals surface area contributed by atoms with Crippen molar-refractivity contribution >= 4 is 5.91 Å². The van der Waals surface area contributed by atoms with Crippen molar-refractivity contribution in [2.24, 2.45) is 0 Å². The summed E-state index contributed by atoms with van der Waals surface area (Å²) >= 11 is 0. The molecular formula is C20H23NO. The molecule has 2 aromatic carbocycles. The summed E-state index contributed by atoms with van der Waals surface area (Å²) in [6.07, 6.45) is 3.44. The van der Waals surface area contributed by atoms with Crippen molar-refractivity contribution in [2.75, 3.05) is 0 Å². The first-order valence-electron chi connectivity index (χ1n) is 8.15. The van der Waals surface area contributed by atoms with Crippen LogP contribution in [0.3, 0.4) is 0 Å². The number of hydrogen-bond donors (Lipinski definition) is 0. The largest absolute Gasteiger partial charge is 0.333 e. The van der Waals surface area contributed by atoms with Crippen molar-refractivity contribution < 1.29 is 4.79 Å². The predicted molar refractivity (Wildman–Crippen MR) is 90.8 cm³/mol. The van der Waals surface area contributed by atoms with E-state index in [2.05, 4.69) is 30.9 Å². The molecule has 0 N–H and O–H groups in total. The molecule has 22 heavy (non-hydrogen) atoms. The highest BCUT2D eigenvalue weighted by Gasteiger charge is 2.29. The van der Waals surface area contributed by atoms with Gasteiger partial charge in [-0.3, -0.25) is 4.79 Å². The van der Waals surface area contributed by atoms with E-state index in [1.807, 2.05) is 42.5 Å². The first-order valence-corrected chi connectivity index (χ1v) is 8.15. The molecular weight excluding hydrogens is 270 g/mol. The molecule has 0 aliphatic carbocycles. The Morgan fingerprint density at radius 2 is 1.41 bits per heavy atom. The summed E-state index contributed by atoms with van der Waals surface area (Å²) in [6.45, 7) is 4.32. The SMILES string of the molecule is CC1CCCC(C)N1C(=O)c1ccc(-c2ccccc2)cc1. The van der Waals surface area contributed by atoms with E-state index in [1.54, 1.807) is 0 Å². The van der Waals surface area contributed by atoms with Crippen molar-refractivity contribution in [1.29, 1.82) is 0 Å². The quantitative estimate of drug-likeness (QED) is 0.782. The van der Waals surface area contributed by atoms with Gasteiger partial charge in [-0.25, -0.2) is 0 Å². The summed E-state index contributed by atoms with van der Waals surface area (Å²) in [5.74, 6) is 0.166. The molecule has 1 aliphatic heterocycles. The van der Waals surface area contributed by atoms with Gasteiger partial charge in [0.05, 0.1) is 0 Å². The molecule has 0 bridgehead atoms. The number of nitrogens with zero attached hydrogens (tertiary/aromatic N) is 1. The molecule has 1 amide bonds. The molecule has 1 heterocycles. The molecule has 1 fully saturated rings. The van der Waals surface area contributed by atoms with Gasteiger partial charge in [0.1, 0.15) is 0 Å². The van der Waals surface area contributed by atoms with Gasteiger partial charge in [-0.05, 0) is 56.4 Å². The number of amides is 1. The van der Waals surface area contributed by atoms with Crippen LogP contribution in [0.1, 0.15) is 43.5 Å². The summed E-state index contributed by atoms with van der Waals surface area (Å²) in [5, 5.41) is 0. The smallest absolute Gasteiger partial charge is 0.254 e. The topological polar surface area (TPSA) is 20.3 Å². The van der Waals surface area contributed by atoms with Crippen molar-refractivity contribution in [3.8, 4) is 11.1 Å². The van der Waals surface area contributed by atoms with E-state index >= 15 is 0 Å². The van der Waals surface area contributed by atoms with Gasteiger partial charge in [-0.15, -0.1) is 0 Å². The Labute approximate surface area is 132 Å². The Balaban J connectivity index is 1.82. The van der Waals surface area contributed by atoms with Crippen molar-refractivity contribution in [3.05, 3.63) is 60.2 Å². The Morgan fingerprint density at radius 1 is 0.864 bits per heavy atom. The van der Waals surface area contributed by atoms with E-state index in [0.29, 0.717) is 12.1 Å². The third kappa shape index (κ3) is 2.92. The maximum atomic E-state index is 12.8. The minimum Gasteiger partial charge on any atom is -0.333 e. The lowest BCUT2D eigenvalue weighted by atomic mass is 9.96. The normalized spacial score (nSPS) is 21.6. The van der Waals surface area contributed by atoms with Gasteiger partial charge in [0.25, 0.3) is 5.91 Å². The summed E-state index contributed by atoms with van der Waals surface area (Å²) < 4.78 is 0. The highest BCUT2D eigenvalue weighted by molar-refractivity contribution is 5.95. The number of carbonyl (C=O) groups is 1. The fourth-order valence-electron chi connectivity index (χ4n) is 3.41. The van der Waals surface area contributed by atoms with Gasteiger partial charge in [0, 0.05) is 17.6 Å². The average Bonchev–Trinajstić information content (AvgIpc) is 2.55. The van der Waals surface area contributed by atoms with E-state index < -0.39 is 0 Å². The maximum absolute atomic E-state index is 12.8.